The molecule has 0 bridgehead atoms. The van der Waals surface area contributed by atoms with Gasteiger partial charge in [-0.2, -0.15) is 0 Å². The molecular weight excluding hydrogens is 315 g/mol. The molecule has 4 rings (SSSR count). The van der Waals surface area contributed by atoms with Crippen molar-refractivity contribution in [2.24, 2.45) is 17.8 Å². The molecule has 3 nitrogen and oxygen atoms in total. The zero-order valence-corrected chi connectivity index (χ0v) is 14.4. The molecule has 1 heterocycles. The van der Waals surface area contributed by atoms with Crippen molar-refractivity contribution in [1.29, 1.82) is 0 Å². The van der Waals surface area contributed by atoms with Crippen molar-refractivity contribution in [3.8, 4) is 0 Å². The lowest BCUT2D eigenvalue weighted by molar-refractivity contribution is -0.135. The van der Waals surface area contributed by atoms with E-state index in [4.69, 9.17) is 0 Å². The van der Waals surface area contributed by atoms with E-state index >= 15 is 0 Å². The predicted octanol–water partition coefficient (Wildman–Crippen LogP) is 4.20. The number of fused-ring (bicyclic) bond motifs is 1. The minimum Gasteiger partial charge on any atom is -0.330 e. The summed E-state index contributed by atoms with van der Waals surface area (Å²) in [7, 11) is 0. The van der Waals surface area contributed by atoms with Crippen molar-refractivity contribution in [2.75, 3.05) is 6.54 Å². The normalized spacial score (nSPS) is 25.3. The summed E-state index contributed by atoms with van der Waals surface area (Å²) in [5, 5.41) is 0. The molecule has 4 atom stereocenters. The van der Waals surface area contributed by atoms with E-state index in [0.717, 1.165) is 11.3 Å². The van der Waals surface area contributed by atoms with Gasteiger partial charge in [-0.1, -0.05) is 24.6 Å². The number of aromatic nitrogens is 1. The Morgan fingerprint density at radius 1 is 1.20 bits per heavy atom. The summed E-state index contributed by atoms with van der Waals surface area (Å²) < 4.78 is 13.4. The van der Waals surface area contributed by atoms with Crippen molar-refractivity contribution >= 4 is 5.91 Å². The number of pyridine rings is 1. The second-order valence-corrected chi connectivity index (χ2v) is 7.12. The molecule has 25 heavy (non-hydrogen) atoms. The third-order valence-electron chi connectivity index (χ3n) is 5.78. The molecule has 4 heteroatoms. The molecule has 1 amide bonds. The van der Waals surface area contributed by atoms with E-state index in [2.05, 4.69) is 4.98 Å². The van der Waals surface area contributed by atoms with Gasteiger partial charge < -0.3 is 4.90 Å². The van der Waals surface area contributed by atoms with Crippen LogP contribution in [-0.4, -0.2) is 22.3 Å². The van der Waals surface area contributed by atoms with Crippen LogP contribution in [-0.2, 0) is 4.79 Å². The molecule has 1 unspecified atom stereocenters. The first-order valence-electron chi connectivity index (χ1n) is 9.17. The Hall–Kier alpha value is -2.23. The summed E-state index contributed by atoms with van der Waals surface area (Å²) in [4.78, 5) is 19.7. The number of carbonyl (C=O) groups is 1. The molecule has 1 aromatic heterocycles. The van der Waals surface area contributed by atoms with Gasteiger partial charge in [0.2, 0.25) is 5.91 Å². The molecule has 2 aliphatic rings. The number of amides is 1. The maximum Gasteiger partial charge on any atom is 0.227 e. The van der Waals surface area contributed by atoms with Crippen molar-refractivity contribution in [3.63, 3.8) is 0 Å². The molecule has 2 aliphatic carbocycles. The van der Waals surface area contributed by atoms with E-state index < -0.39 is 0 Å². The number of rotatable bonds is 5. The lowest BCUT2D eigenvalue weighted by Crippen LogP contribution is -2.37. The summed E-state index contributed by atoms with van der Waals surface area (Å²) in [5.41, 5.74) is 1.73. The smallest absolute Gasteiger partial charge is 0.227 e. The minimum absolute atomic E-state index is 0.181. The third-order valence-corrected chi connectivity index (χ3v) is 5.78. The van der Waals surface area contributed by atoms with Crippen LogP contribution in [0.1, 0.15) is 43.5 Å². The van der Waals surface area contributed by atoms with Crippen LogP contribution in [0.5, 0.6) is 0 Å². The Morgan fingerprint density at radius 2 is 1.92 bits per heavy atom. The van der Waals surface area contributed by atoms with Gasteiger partial charge in [0.1, 0.15) is 5.82 Å². The summed E-state index contributed by atoms with van der Waals surface area (Å²) in [6, 6.07) is 11.9. The lowest BCUT2D eigenvalue weighted by Gasteiger charge is -2.31. The zero-order valence-electron chi connectivity index (χ0n) is 14.4. The fraction of sp³-hybridized carbons (Fsp3) is 0.429. The van der Waals surface area contributed by atoms with Gasteiger partial charge in [0.05, 0.1) is 11.7 Å². The Balaban J connectivity index is 1.68. The van der Waals surface area contributed by atoms with Crippen molar-refractivity contribution in [3.05, 3.63) is 65.7 Å². The summed E-state index contributed by atoms with van der Waals surface area (Å²) in [6.07, 6.45) is 5.37. The standard InChI is InChI=1S/C21H23FN2O/c1-2-24(21(25)19-16-6-5-7-17(16)19)20(18-8-3-4-13-23-18)14-9-11-15(22)12-10-14/h3-4,8-13,16-17,19-20H,2,5-7H2,1H3/t16-,17+,19?,20-/m1/s1. The quantitative estimate of drug-likeness (QED) is 0.818. The molecular formula is C21H23FN2O. The van der Waals surface area contributed by atoms with Crippen molar-refractivity contribution in [2.45, 2.75) is 32.2 Å². The first kappa shape index (κ1) is 16.2. The van der Waals surface area contributed by atoms with E-state index in [-0.39, 0.29) is 23.7 Å². The topological polar surface area (TPSA) is 33.2 Å². The Kier molecular flexibility index (Phi) is 4.28. The Labute approximate surface area is 147 Å². The first-order valence-corrected chi connectivity index (χ1v) is 9.17. The molecule has 0 saturated heterocycles. The fourth-order valence-electron chi connectivity index (χ4n) is 4.54. The molecule has 2 saturated carbocycles. The van der Waals surface area contributed by atoms with Gasteiger partial charge in [0.25, 0.3) is 0 Å². The second-order valence-electron chi connectivity index (χ2n) is 7.12. The van der Waals surface area contributed by atoms with Crippen LogP contribution < -0.4 is 0 Å². The highest BCUT2D eigenvalue weighted by Crippen LogP contribution is 2.58. The average Bonchev–Trinajstić information content (AvgIpc) is 3.12. The number of hydrogen-bond donors (Lipinski definition) is 0. The number of halogens is 1. The summed E-state index contributed by atoms with van der Waals surface area (Å²) in [5.74, 6) is 1.31. The highest BCUT2D eigenvalue weighted by atomic mass is 19.1. The Morgan fingerprint density at radius 3 is 2.52 bits per heavy atom. The lowest BCUT2D eigenvalue weighted by atomic mass is 9.99. The number of benzene rings is 1. The summed E-state index contributed by atoms with van der Waals surface area (Å²) >= 11 is 0. The van der Waals surface area contributed by atoms with Crippen LogP contribution in [0.15, 0.2) is 48.7 Å². The van der Waals surface area contributed by atoms with Crippen LogP contribution in [0, 0.1) is 23.6 Å². The highest BCUT2D eigenvalue weighted by molar-refractivity contribution is 5.83. The van der Waals surface area contributed by atoms with E-state index in [1.54, 1.807) is 18.3 Å². The van der Waals surface area contributed by atoms with Gasteiger partial charge >= 0.3 is 0 Å². The first-order chi connectivity index (χ1) is 12.2. The fourth-order valence-corrected chi connectivity index (χ4v) is 4.54. The van der Waals surface area contributed by atoms with Gasteiger partial charge in [-0.25, -0.2) is 4.39 Å². The van der Waals surface area contributed by atoms with Crippen LogP contribution in [0.25, 0.3) is 0 Å². The molecule has 0 N–H and O–H groups in total. The van der Waals surface area contributed by atoms with Crippen molar-refractivity contribution < 1.29 is 9.18 Å². The van der Waals surface area contributed by atoms with E-state index in [1.807, 2.05) is 30.0 Å². The SMILES string of the molecule is CCN(C(=O)C1[C@H]2CCC[C@@H]12)[C@H](c1ccc(F)cc1)c1ccccn1. The molecule has 0 spiro atoms. The molecule has 130 valence electrons. The summed E-state index contributed by atoms with van der Waals surface area (Å²) in [6.45, 7) is 2.63. The van der Waals surface area contributed by atoms with Gasteiger partial charge in [-0.3, -0.25) is 9.78 Å². The molecule has 2 aromatic rings. The van der Waals surface area contributed by atoms with Crippen molar-refractivity contribution in [1.82, 2.24) is 9.88 Å². The van der Waals surface area contributed by atoms with Gasteiger partial charge in [-0.15, -0.1) is 0 Å². The number of hydrogen-bond acceptors (Lipinski definition) is 2. The molecule has 0 radical (unpaired) electrons. The van der Waals surface area contributed by atoms with E-state index in [1.165, 1.54) is 31.4 Å². The van der Waals surface area contributed by atoms with E-state index in [0.29, 0.717) is 18.4 Å². The van der Waals surface area contributed by atoms with Crippen LogP contribution in [0.2, 0.25) is 0 Å². The van der Waals surface area contributed by atoms with Crippen LogP contribution in [0.3, 0.4) is 0 Å². The Bertz CT molecular complexity index is 736. The second kappa shape index (κ2) is 6.58. The maximum atomic E-state index is 13.4. The molecule has 0 aliphatic heterocycles. The number of nitrogens with zero attached hydrogens (tertiary/aromatic N) is 2. The average molecular weight is 338 g/mol. The van der Waals surface area contributed by atoms with Crippen LogP contribution >= 0.6 is 0 Å². The molecule has 1 aromatic carbocycles. The monoisotopic (exact) mass is 338 g/mol. The zero-order chi connectivity index (χ0) is 17.4. The predicted molar refractivity (Wildman–Crippen MR) is 94.2 cm³/mol. The van der Waals surface area contributed by atoms with Gasteiger partial charge in [-0.05, 0) is 61.4 Å². The van der Waals surface area contributed by atoms with Gasteiger partial charge in [0.15, 0.2) is 0 Å². The van der Waals surface area contributed by atoms with Gasteiger partial charge in [0, 0.05) is 18.7 Å². The highest BCUT2D eigenvalue weighted by Gasteiger charge is 2.57. The van der Waals surface area contributed by atoms with E-state index in [9.17, 15) is 9.18 Å². The third kappa shape index (κ3) is 2.94. The minimum atomic E-state index is -0.269. The molecule has 2 fully saturated rings. The number of carbonyl (C=O) groups excluding carboxylic acids is 1. The largest absolute Gasteiger partial charge is 0.330 e. The maximum absolute atomic E-state index is 13.4. The van der Waals surface area contributed by atoms with Crippen LogP contribution in [0.4, 0.5) is 4.39 Å².